The van der Waals surface area contributed by atoms with E-state index in [4.69, 9.17) is 11.5 Å². The SMILES string of the molecule is NCCCN(CCN)Cc1ccc(CN2CCN(CC(=O)O)CCN(CC(=O)O)CCN(CC(=O)O)CC2)cc1. The molecule has 1 aromatic carbocycles. The second kappa shape index (κ2) is 18.7. The van der Waals surface area contributed by atoms with Gasteiger partial charge in [-0.05, 0) is 30.6 Å². The molecule has 1 saturated heterocycles. The predicted molar refractivity (Wildman–Crippen MR) is 152 cm³/mol. The van der Waals surface area contributed by atoms with Gasteiger partial charge in [-0.1, -0.05) is 24.3 Å². The largest absolute Gasteiger partial charge is 0.480 e. The monoisotopic (exact) mass is 565 g/mol. The molecule has 0 atom stereocenters. The van der Waals surface area contributed by atoms with Crippen LogP contribution in [0.1, 0.15) is 17.5 Å². The number of aliphatic carboxylic acids is 3. The molecule has 13 heteroatoms. The zero-order valence-corrected chi connectivity index (χ0v) is 23.5. The van der Waals surface area contributed by atoms with E-state index in [9.17, 15) is 29.7 Å². The number of hydrogen-bond acceptors (Lipinski definition) is 10. The zero-order chi connectivity index (χ0) is 29.3. The number of rotatable bonds is 15. The highest BCUT2D eigenvalue weighted by Crippen LogP contribution is 2.11. The quantitative estimate of drug-likeness (QED) is 0.171. The third-order valence-electron chi connectivity index (χ3n) is 6.97. The van der Waals surface area contributed by atoms with E-state index in [2.05, 4.69) is 34.1 Å². The fraction of sp³-hybridized carbons (Fsp3) is 0.667. The average molecular weight is 566 g/mol. The van der Waals surface area contributed by atoms with Crippen molar-refractivity contribution in [3.8, 4) is 0 Å². The lowest BCUT2D eigenvalue weighted by Crippen LogP contribution is -2.48. The molecule has 7 N–H and O–H groups in total. The minimum Gasteiger partial charge on any atom is -0.480 e. The third kappa shape index (κ3) is 14.1. The molecular weight excluding hydrogens is 518 g/mol. The molecule has 40 heavy (non-hydrogen) atoms. The molecule has 0 unspecified atom stereocenters. The van der Waals surface area contributed by atoms with Crippen LogP contribution in [0.15, 0.2) is 24.3 Å². The fourth-order valence-corrected chi connectivity index (χ4v) is 4.82. The molecule has 0 aromatic heterocycles. The third-order valence-corrected chi connectivity index (χ3v) is 6.97. The van der Waals surface area contributed by atoms with Gasteiger partial charge in [-0.2, -0.15) is 0 Å². The molecule has 0 bridgehead atoms. The van der Waals surface area contributed by atoms with Crippen LogP contribution in [-0.4, -0.2) is 156 Å². The Morgan fingerprint density at radius 1 is 0.625 bits per heavy atom. The summed E-state index contributed by atoms with van der Waals surface area (Å²) in [6.45, 7) is 7.73. The molecule has 226 valence electrons. The standard InChI is InChI=1S/C27H47N7O6/c28-6-1-8-30(9-7-29)18-23-2-4-24(5-3-23)19-31-10-12-32(20-25(35)36)14-16-34(22-27(39)40)17-15-33(13-11-31)21-26(37)38/h2-5H,1,6-22,28-29H2,(H,35,36)(H,37,38)(H,39,40). The van der Waals surface area contributed by atoms with Gasteiger partial charge in [-0.25, -0.2) is 0 Å². The lowest BCUT2D eigenvalue weighted by molar-refractivity contribution is -0.140. The lowest BCUT2D eigenvalue weighted by atomic mass is 10.1. The van der Waals surface area contributed by atoms with Crippen LogP contribution in [0.25, 0.3) is 0 Å². The van der Waals surface area contributed by atoms with Crippen LogP contribution < -0.4 is 11.5 Å². The summed E-state index contributed by atoms with van der Waals surface area (Å²) in [5, 5.41) is 28.1. The summed E-state index contributed by atoms with van der Waals surface area (Å²) in [6, 6.07) is 8.43. The van der Waals surface area contributed by atoms with Gasteiger partial charge in [0, 0.05) is 78.5 Å². The normalized spacial score (nSPS) is 17.4. The Hall–Kier alpha value is -2.65. The Bertz CT molecular complexity index is 872. The predicted octanol–water partition coefficient (Wildman–Crippen LogP) is -1.23. The summed E-state index contributed by atoms with van der Waals surface area (Å²) in [5.41, 5.74) is 13.7. The van der Waals surface area contributed by atoms with Crippen molar-refractivity contribution >= 4 is 17.9 Å². The minimum atomic E-state index is -0.971. The number of nitrogens with zero attached hydrogens (tertiary/aromatic N) is 5. The molecule has 0 radical (unpaired) electrons. The molecule has 1 fully saturated rings. The highest BCUT2D eigenvalue weighted by Gasteiger charge is 2.20. The van der Waals surface area contributed by atoms with E-state index in [1.165, 1.54) is 5.56 Å². The lowest BCUT2D eigenvalue weighted by Gasteiger charge is -2.33. The van der Waals surface area contributed by atoms with E-state index in [1.54, 1.807) is 4.90 Å². The maximum Gasteiger partial charge on any atom is 0.317 e. The number of carbonyl (C=O) groups is 3. The van der Waals surface area contributed by atoms with E-state index < -0.39 is 17.9 Å². The molecule has 1 aliphatic rings. The van der Waals surface area contributed by atoms with E-state index in [1.807, 2.05) is 9.80 Å². The van der Waals surface area contributed by atoms with Gasteiger partial charge in [0.2, 0.25) is 0 Å². The minimum absolute atomic E-state index is 0.127. The van der Waals surface area contributed by atoms with Crippen molar-refractivity contribution in [2.24, 2.45) is 11.5 Å². The first-order chi connectivity index (χ1) is 19.2. The van der Waals surface area contributed by atoms with Crippen LogP contribution in [0.5, 0.6) is 0 Å². The summed E-state index contributed by atoms with van der Waals surface area (Å²) < 4.78 is 0. The van der Waals surface area contributed by atoms with Gasteiger partial charge in [-0.15, -0.1) is 0 Å². The van der Waals surface area contributed by atoms with Gasteiger partial charge in [0.25, 0.3) is 0 Å². The molecule has 1 aliphatic heterocycles. The summed E-state index contributed by atoms with van der Waals surface area (Å²) in [7, 11) is 0. The van der Waals surface area contributed by atoms with Gasteiger partial charge < -0.3 is 26.8 Å². The molecule has 0 spiro atoms. The Balaban J connectivity index is 2.12. The molecule has 1 heterocycles. The van der Waals surface area contributed by atoms with Crippen molar-refractivity contribution < 1.29 is 29.7 Å². The average Bonchev–Trinajstić information content (AvgIpc) is 2.89. The Morgan fingerprint density at radius 2 is 1.02 bits per heavy atom. The summed E-state index contributed by atoms with van der Waals surface area (Å²) in [6.07, 6.45) is 0.919. The molecule has 1 aromatic rings. The molecule has 0 saturated carbocycles. The maximum absolute atomic E-state index is 11.5. The smallest absolute Gasteiger partial charge is 0.317 e. The molecule has 0 aliphatic carbocycles. The first kappa shape index (κ1) is 33.6. The Morgan fingerprint density at radius 3 is 1.40 bits per heavy atom. The maximum atomic E-state index is 11.5. The Labute approximate surface area is 236 Å². The number of hydrogen-bond donors (Lipinski definition) is 5. The van der Waals surface area contributed by atoms with Crippen LogP contribution >= 0.6 is 0 Å². The number of nitrogens with two attached hydrogens (primary N) is 2. The van der Waals surface area contributed by atoms with Crippen LogP contribution in [0.4, 0.5) is 0 Å². The first-order valence-corrected chi connectivity index (χ1v) is 13.9. The topological polar surface area (TPSA) is 180 Å². The van der Waals surface area contributed by atoms with Crippen LogP contribution in [0.3, 0.4) is 0 Å². The van der Waals surface area contributed by atoms with E-state index in [-0.39, 0.29) is 19.6 Å². The summed E-state index contributed by atoms with van der Waals surface area (Å²) in [5.74, 6) is -2.83. The van der Waals surface area contributed by atoms with E-state index in [0.717, 1.165) is 31.6 Å². The second-order valence-corrected chi connectivity index (χ2v) is 10.3. The van der Waals surface area contributed by atoms with Gasteiger partial charge in [0.1, 0.15) is 0 Å². The van der Waals surface area contributed by atoms with Crippen molar-refractivity contribution in [3.63, 3.8) is 0 Å². The van der Waals surface area contributed by atoms with Gasteiger partial charge in [0.15, 0.2) is 0 Å². The first-order valence-electron chi connectivity index (χ1n) is 13.9. The van der Waals surface area contributed by atoms with Gasteiger partial charge in [0.05, 0.1) is 19.6 Å². The van der Waals surface area contributed by atoms with Gasteiger partial charge in [-0.3, -0.25) is 38.9 Å². The number of carboxylic acid groups (broad SMARTS) is 3. The summed E-state index contributed by atoms with van der Waals surface area (Å²) in [4.78, 5) is 44.2. The molecule has 13 nitrogen and oxygen atoms in total. The van der Waals surface area contributed by atoms with Crippen molar-refractivity contribution in [1.82, 2.24) is 24.5 Å². The number of carboxylic acids is 3. The highest BCUT2D eigenvalue weighted by atomic mass is 16.4. The van der Waals surface area contributed by atoms with Gasteiger partial charge >= 0.3 is 17.9 Å². The highest BCUT2D eigenvalue weighted by molar-refractivity contribution is 5.69. The van der Waals surface area contributed by atoms with Crippen LogP contribution in [-0.2, 0) is 27.5 Å². The zero-order valence-electron chi connectivity index (χ0n) is 23.5. The van der Waals surface area contributed by atoms with Crippen LogP contribution in [0, 0.1) is 0 Å². The summed E-state index contributed by atoms with van der Waals surface area (Å²) >= 11 is 0. The van der Waals surface area contributed by atoms with Crippen LogP contribution in [0.2, 0.25) is 0 Å². The fourth-order valence-electron chi connectivity index (χ4n) is 4.82. The molecular formula is C27H47N7O6. The van der Waals surface area contributed by atoms with Crippen molar-refractivity contribution in [1.29, 1.82) is 0 Å². The van der Waals surface area contributed by atoms with Crippen molar-refractivity contribution in [2.45, 2.75) is 19.5 Å². The molecule has 0 amide bonds. The second-order valence-electron chi connectivity index (χ2n) is 10.3. The van der Waals surface area contributed by atoms with E-state index in [0.29, 0.717) is 72.0 Å². The Kier molecular flexibility index (Phi) is 15.6. The van der Waals surface area contributed by atoms with E-state index >= 15 is 0 Å². The van der Waals surface area contributed by atoms with Crippen molar-refractivity contribution in [3.05, 3.63) is 35.4 Å². The number of benzene rings is 1. The van der Waals surface area contributed by atoms with Crippen molar-refractivity contribution in [2.75, 3.05) is 98.2 Å². The molecule has 2 rings (SSSR count).